The number of carbonyl (C=O) groups is 2. The van der Waals surface area contributed by atoms with Gasteiger partial charge >= 0.3 is 5.97 Å². The molecule has 0 unspecified atom stereocenters. The second-order valence-corrected chi connectivity index (χ2v) is 7.26. The summed E-state index contributed by atoms with van der Waals surface area (Å²) in [5.74, 6) is -1.24. The van der Waals surface area contributed by atoms with E-state index in [1.54, 1.807) is 30.3 Å². The summed E-state index contributed by atoms with van der Waals surface area (Å²) in [5, 5.41) is 13.9. The number of amides is 1. The number of esters is 1. The highest BCUT2D eigenvalue weighted by Crippen LogP contribution is 2.25. The Bertz CT molecular complexity index is 1140. The predicted molar refractivity (Wildman–Crippen MR) is 117 cm³/mol. The zero-order chi connectivity index (χ0) is 22.5. The van der Waals surface area contributed by atoms with Gasteiger partial charge in [0.15, 0.2) is 0 Å². The van der Waals surface area contributed by atoms with E-state index in [-0.39, 0.29) is 11.3 Å². The minimum atomic E-state index is -1.19. The van der Waals surface area contributed by atoms with Gasteiger partial charge in [0, 0.05) is 22.9 Å². The number of benzene rings is 3. The molecule has 1 amide bonds. The van der Waals surface area contributed by atoms with Gasteiger partial charge in [0.05, 0.1) is 10.5 Å². The van der Waals surface area contributed by atoms with Crippen molar-refractivity contribution < 1.29 is 19.2 Å². The molecule has 0 spiro atoms. The molecule has 3 aromatic carbocycles. The number of hydrogen-bond donors (Lipinski definition) is 1. The van der Waals surface area contributed by atoms with Crippen LogP contribution in [0.5, 0.6) is 0 Å². The highest BCUT2D eigenvalue weighted by atomic mass is 16.6. The molecule has 1 atom stereocenters. The topological polar surface area (TPSA) is 98.5 Å². The molecular weight excluding hydrogens is 396 g/mol. The van der Waals surface area contributed by atoms with Crippen LogP contribution in [0.4, 0.5) is 11.4 Å². The third-order valence-electron chi connectivity index (χ3n) is 4.85. The Labute approximate surface area is 179 Å². The molecule has 3 rings (SSSR count). The van der Waals surface area contributed by atoms with Crippen molar-refractivity contribution in [1.29, 1.82) is 0 Å². The van der Waals surface area contributed by atoms with Crippen LogP contribution in [0, 0.1) is 30.9 Å². The molecule has 0 aliphatic carbocycles. The minimum absolute atomic E-state index is 0.0937. The van der Waals surface area contributed by atoms with Gasteiger partial charge in [0.2, 0.25) is 6.10 Å². The van der Waals surface area contributed by atoms with E-state index in [9.17, 15) is 19.7 Å². The molecule has 1 N–H and O–H groups in total. The molecule has 7 heteroatoms. The van der Waals surface area contributed by atoms with E-state index in [0.717, 1.165) is 11.1 Å². The fourth-order valence-electron chi connectivity index (χ4n) is 3.13. The van der Waals surface area contributed by atoms with Crippen molar-refractivity contribution in [2.75, 3.05) is 5.32 Å². The normalized spacial score (nSPS) is 11.5. The van der Waals surface area contributed by atoms with Gasteiger partial charge in [-0.3, -0.25) is 14.9 Å². The molecule has 0 heterocycles. The lowest BCUT2D eigenvalue weighted by atomic mass is 10.1. The molecule has 3 aromatic rings. The number of anilines is 1. The molecule has 0 aliphatic rings. The highest BCUT2D eigenvalue weighted by molar-refractivity contribution is 5.98. The van der Waals surface area contributed by atoms with Crippen molar-refractivity contribution in [3.8, 4) is 0 Å². The standard InChI is InChI=1S/C24H22N2O5/c1-15-9-10-16(2)20(13-15)25-23(27)22(18-7-5-4-6-8-18)31-24(28)19-11-12-21(26(29)30)17(3)14-19/h4-14,22H,1-3H3,(H,25,27)/t22-/m0/s1. The fourth-order valence-corrected chi connectivity index (χ4v) is 3.13. The van der Waals surface area contributed by atoms with Crippen molar-refractivity contribution in [2.24, 2.45) is 0 Å². The zero-order valence-electron chi connectivity index (χ0n) is 17.4. The van der Waals surface area contributed by atoms with Gasteiger partial charge < -0.3 is 10.1 Å². The lowest BCUT2D eigenvalue weighted by Crippen LogP contribution is -2.26. The molecule has 158 valence electrons. The first-order valence-electron chi connectivity index (χ1n) is 9.65. The molecule has 0 radical (unpaired) electrons. The van der Waals surface area contributed by atoms with Crippen LogP contribution in [-0.4, -0.2) is 16.8 Å². The molecule has 0 saturated heterocycles. The van der Waals surface area contributed by atoms with Crippen LogP contribution in [0.2, 0.25) is 0 Å². The first-order chi connectivity index (χ1) is 14.8. The van der Waals surface area contributed by atoms with Crippen molar-refractivity contribution >= 4 is 23.3 Å². The zero-order valence-corrected chi connectivity index (χ0v) is 17.4. The van der Waals surface area contributed by atoms with Crippen LogP contribution in [0.25, 0.3) is 0 Å². The SMILES string of the molecule is Cc1ccc(C)c(NC(=O)[C@@H](OC(=O)c2ccc([N+](=O)[O-])c(C)c2)c2ccccc2)c1. The Hall–Kier alpha value is -4.00. The second-order valence-electron chi connectivity index (χ2n) is 7.26. The summed E-state index contributed by atoms with van der Waals surface area (Å²) < 4.78 is 5.56. The van der Waals surface area contributed by atoms with Crippen LogP contribution in [0.15, 0.2) is 66.7 Å². The summed E-state index contributed by atoms with van der Waals surface area (Å²) in [6.45, 7) is 5.33. The van der Waals surface area contributed by atoms with E-state index in [4.69, 9.17) is 4.74 Å². The molecule has 0 aromatic heterocycles. The van der Waals surface area contributed by atoms with E-state index in [1.807, 2.05) is 32.0 Å². The molecule has 0 saturated carbocycles. The average molecular weight is 418 g/mol. The van der Waals surface area contributed by atoms with Gasteiger partial charge in [-0.1, -0.05) is 42.5 Å². The largest absolute Gasteiger partial charge is 0.444 e. The summed E-state index contributed by atoms with van der Waals surface area (Å²) >= 11 is 0. The molecule has 0 fully saturated rings. The summed E-state index contributed by atoms with van der Waals surface area (Å²) in [6.07, 6.45) is -1.19. The van der Waals surface area contributed by atoms with Gasteiger partial charge in [0.25, 0.3) is 11.6 Å². The van der Waals surface area contributed by atoms with E-state index in [0.29, 0.717) is 16.8 Å². The number of hydrogen-bond acceptors (Lipinski definition) is 5. The minimum Gasteiger partial charge on any atom is -0.444 e. The van der Waals surface area contributed by atoms with E-state index in [2.05, 4.69) is 5.32 Å². The number of carbonyl (C=O) groups excluding carboxylic acids is 2. The Morgan fingerprint density at radius 1 is 0.935 bits per heavy atom. The van der Waals surface area contributed by atoms with Crippen LogP contribution in [-0.2, 0) is 9.53 Å². The lowest BCUT2D eigenvalue weighted by Gasteiger charge is -2.19. The lowest BCUT2D eigenvalue weighted by molar-refractivity contribution is -0.385. The number of aryl methyl sites for hydroxylation is 3. The van der Waals surface area contributed by atoms with Gasteiger partial charge in [-0.2, -0.15) is 0 Å². The summed E-state index contributed by atoms with van der Waals surface area (Å²) in [5.41, 5.74) is 3.37. The smallest absolute Gasteiger partial charge is 0.339 e. The number of nitrogens with zero attached hydrogens (tertiary/aromatic N) is 1. The summed E-state index contributed by atoms with van der Waals surface area (Å²) in [7, 11) is 0. The molecule has 0 bridgehead atoms. The highest BCUT2D eigenvalue weighted by Gasteiger charge is 2.27. The first kappa shape index (κ1) is 21.7. The van der Waals surface area contributed by atoms with E-state index in [1.165, 1.54) is 25.1 Å². The van der Waals surface area contributed by atoms with Crippen molar-refractivity contribution in [1.82, 2.24) is 0 Å². The Morgan fingerprint density at radius 3 is 2.29 bits per heavy atom. The maximum atomic E-state index is 13.1. The van der Waals surface area contributed by atoms with Crippen molar-refractivity contribution in [3.05, 3.63) is 105 Å². The van der Waals surface area contributed by atoms with E-state index >= 15 is 0 Å². The summed E-state index contributed by atoms with van der Waals surface area (Å²) in [4.78, 5) is 36.3. The molecule has 7 nitrogen and oxygen atoms in total. The van der Waals surface area contributed by atoms with Gasteiger partial charge in [-0.15, -0.1) is 0 Å². The van der Waals surface area contributed by atoms with Gasteiger partial charge in [-0.05, 0) is 50.1 Å². The van der Waals surface area contributed by atoms with Crippen LogP contribution in [0.3, 0.4) is 0 Å². The predicted octanol–water partition coefficient (Wildman–Crippen LogP) is 5.06. The molecule has 31 heavy (non-hydrogen) atoms. The Morgan fingerprint density at radius 2 is 1.65 bits per heavy atom. The Kier molecular flexibility index (Phi) is 6.45. The fraction of sp³-hybridized carbons (Fsp3) is 0.167. The number of nitro groups is 1. The van der Waals surface area contributed by atoms with Crippen molar-refractivity contribution in [2.45, 2.75) is 26.9 Å². The summed E-state index contributed by atoms with van der Waals surface area (Å²) in [6, 6.07) is 18.3. The number of nitro benzene ring substituents is 1. The Balaban J connectivity index is 1.88. The third kappa shape index (κ3) is 5.14. The number of ether oxygens (including phenoxy) is 1. The van der Waals surface area contributed by atoms with Crippen LogP contribution < -0.4 is 5.32 Å². The maximum Gasteiger partial charge on any atom is 0.339 e. The quantitative estimate of drug-likeness (QED) is 0.343. The monoisotopic (exact) mass is 418 g/mol. The first-order valence-corrected chi connectivity index (χ1v) is 9.65. The molecular formula is C24H22N2O5. The van der Waals surface area contributed by atoms with Gasteiger partial charge in [-0.25, -0.2) is 4.79 Å². The number of nitrogens with one attached hydrogen (secondary N) is 1. The number of rotatable bonds is 6. The maximum absolute atomic E-state index is 13.1. The van der Waals surface area contributed by atoms with E-state index < -0.39 is 22.9 Å². The van der Waals surface area contributed by atoms with Crippen LogP contribution >= 0.6 is 0 Å². The van der Waals surface area contributed by atoms with Crippen molar-refractivity contribution in [3.63, 3.8) is 0 Å². The van der Waals surface area contributed by atoms with Gasteiger partial charge in [0.1, 0.15) is 0 Å². The molecule has 0 aliphatic heterocycles. The average Bonchev–Trinajstić information content (AvgIpc) is 2.74. The third-order valence-corrected chi connectivity index (χ3v) is 4.85. The van der Waals surface area contributed by atoms with Crippen LogP contribution in [0.1, 0.15) is 38.7 Å². The second kappa shape index (κ2) is 9.21.